The predicted octanol–water partition coefficient (Wildman–Crippen LogP) is 3.79. The Balaban J connectivity index is 1.98. The summed E-state index contributed by atoms with van der Waals surface area (Å²) in [5.74, 6) is -2.37. The van der Waals surface area contributed by atoms with E-state index < -0.39 is 17.6 Å². The number of rotatable bonds is 8. The van der Waals surface area contributed by atoms with Gasteiger partial charge in [-0.05, 0) is 48.4 Å². The number of aliphatic hydroxyl groups excluding tert-OH is 1. The molecule has 32 heavy (non-hydrogen) atoms. The molecule has 2 aromatic carbocycles. The number of pyridine rings is 1. The molecule has 0 fully saturated rings. The lowest BCUT2D eigenvalue weighted by molar-refractivity contribution is 0.0944. The van der Waals surface area contributed by atoms with Gasteiger partial charge in [-0.1, -0.05) is 23.4 Å². The number of carbonyl (C=O) groups is 1. The summed E-state index contributed by atoms with van der Waals surface area (Å²) in [6.45, 7) is 1.76. The highest BCUT2D eigenvalue weighted by Gasteiger charge is 2.22. The van der Waals surface area contributed by atoms with E-state index in [0.29, 0.717) is 22.4 Å². The van der Waals surface area contributed by atoms with Crippen molar-refractivity contribution >= 4 is 11.6 Å². The molecule has 0 saturated carbocycles. The molecule has 0 saturated heterocycles. The maximum absolute atomic E-state index is 14.7. The van der Waals surface area contributed by atoms with Gasteiger partial charge >= 0.3 is 0 Å². The van der Waals surface area contributed by atoms with Gasteiger partial charge < -0.3 is 15.6 Å². The Morgan fingerprint density at radius 3 is 2.47 bits per heavy atom. The number of nitrogens with one attached hydrogen (secondary N) is 1. The van der Waals surface area contributed by atoms with Crippen molar-refractivity contribution in [2.45, 2.75) is 19.3 Å². The number of carbonyl (C=O) groups excluding carboxylic acids is 1. The van der Waals surface area contributed by atoms with Crippen LogP contribution in [0.3, 0.4) is 0 Å². The first kappa shape index (κ1) is 23.0. The third kappa shape index (κ3) is 5.53. The van der Waals surface area contributed by atoms with Crippen LogP contribution in [0.25, 0.3) is 0 Å². The van der Waals surface area contributed by atoms with Crippen LogP contribution in [0.15, 0.2) is 65.9 Å². The lowest BCUT2D eigenvalue weighted by atomic mass is 9.85. The highest BCUT2D eigenvalue weighted by molar-refractivity contribution is 6.01. The molecule has 0 aliphatic heterocycles. The van der Waals surface area contributed by atoms with Crippen LogP contribution in [0, 0.1) is 18.6 Å². The first-order valence-corrected chi connectivity index (χ1v) is 10.0. The summed E-state index contributed by atoms with van der Waals surface area (Å²) in [5, 5.41) is 24.5. The van der Waals surface area contributed by atoms with Gasteiger partial charge in [0.25, 0.3) is 5.91 Å². The molecule has 0 bridgehead atoms. The molecular formula is C24H23F2N3O3. The molecule has 1 atom stereocenters. The number of benzene rings is 2. The normalized spacial score (nSPS) is 12.4. The number of halogens is 2. The molecule has 1 amide bonds. The molecule has 0 spiro atoms. The number of hydrogen-bond acceptors (Lipinski definition) is 5. The smallest absolute Gasteiger partial charge is 0.251 e. The zero-order valence-corrected chi connectivity index (χ0v) is 17.4. The van der Waals surface area contributed by atoms with Gasteiger partial charge in [0, 0.05) is 48.0 Å². The van der Waals surface area contributed by atoms with E-state index >= 15 is 0 Å². The van der Waals surface area contributed by atoms with Crippen LogP contribution < -0.4 is 5.32 Å². The maximum atomic E-state index is 14.7. The summed E-state index contributed by atoms with van der Waals surface area (Å²) < 4.78 is 28.2. The van der Waals surface area contributed by atoms with Gasteiger partial charge in [0.2, 0.25) is 0 Å². The summed E-state index contributed by atoms with van der Waals surface area (Å²) in [4.78, 5) is 16.2. The molecular weight excluding hydrogens is 416 g/mol. The average molecular weight is 439 g/mol. The zero-order chi connectivity index (χ0) is 23.1. The number of hydrogen-bond donors (Lipinski definition) is 3. The predicted molar refractivity (Wildman–Crippen MR) is 116 cm³/mol. The van der Waals surface area contributed by atoms with Crippen molar-refractivity contribution in [2.24, 2.45) is 5.16 Å². The zero-order valence-electron chi connectivity index (χ0n) is 17.4. The monoisotopic (exact) mass is 439 g/mol. The molecule has 0 aliphatic rings. The van der Waals surface area contributed by atoms with Crippen LogP contribution in [0.2, 0.25) is 0 Å². The number of nitrogens with zero attached hydrogens (tertiary/aromatic N) is 2. The number of oxime groups is 1. The summed E-state index contributed by atoms with van der Waals surface area (Å²) in [6.07, 6.45) is 1.71. The Morgan fingerprint density at radius 1 is 1.09 bits per heavy atom. The van der Waals surface area contributed by atoms with Crippen molar-refractivity contribution in [1.29, 1.82) is 0 Å². The Hall–Kier alpha value is -3.65. The van der Waals surface area contributed by atoms with E-state index in [1.807, 2.05) is 0 Å². The first-order chi connectivity index (χ1) is 15.4. The van der Waals surface area contributed by atoms with Crippen molar-refractivity contribution in [2.75, 3.05) is 13.2 Å². The Kier molecular flexibility index (Phi) is 7.62. The van der Waals surface area contributed by atoms with E-state index in [2.05, 4.69) is 15.5 Å². The van der Waals surface area contributed by atoms with Gasteiger partial charge in [0.05, 0.1) is 12.3 Å². The number of aromatic nitrogens is 1. The number of aliphatic hydroxyl groups is 1. The van der Waals surface area contributed by atoms with Crippen LogP contribution in [-0.2, 0) is 0 Å². The Bertz CT molecular complexity index is 1120. The number of aryl methyl sites for hydroxylation is 1. The molecule has 8 heteroatoms. The van der Waals surface area contributed by atoms with Crippen molar-refractivity contribution < 1.29 is 23.9 Å². The fourth-order valence-corrected chi connectivity index (χ4v) is 3.46. The highest BCUT2D eigenvalue weighted by atomic mass is 19.1. The third-order valence-corrected chi connectivity index (χ3v) is 5.06. The molecule has 1 unspecified atom stereocenters. The maximum Gasteiger partial charge on any atom is 0.251 e. The minimum atomic E-state index is -0.719. The fourth-order valence-electron chi connectivity index (χ4n) is 3.46. The van der Waals surface area contributed by atoms with E-state index in [1.54, 1.807) is 49.5 Å². The molecule has 3 aromatic rings. The highest BCUT2D eigenvalue weighted by Crippen LogP contribution is 2.32. The van der Waals surface area contributed by atoms with E-state index in [0.717, 1.165) is 11.8 Å². The van der Waals surface area contributed by atoms with Crippen molar-refractivity contribution in [3.05, 3.63) is 100 Å². The van der Waals surface area contributed by atoms with Crippen LogP contribution >= 0.6 is 0 Å². The first-order valence-electron chi connectivity index (χ1n) is 10.0. The average Bonchev–Trinajstić information content (AvgIpc) is 2.79. The topological polar surface area (TPSA) is 94.8 Å². The van der Waals surface area contributed by atoms with Gasteiger partial charge in [-0.25, -0.2) is 8.78 Å². The number of amides is 1. The summed E-state index contributed by atoms with van der Waals surface area (Å²) in [6, 6.07) is 13.3. The van der Waals surface area contributed by atoms with Crippen LogP contribution in [0.1, 0.15) is 45.1 Å². The fraction of sp³-hybridized carbons (Fsp3) is 0.208. The van der Waals surface area contributed by atoms with E-state index in [-0.39, 0.29) is 31.0 Å². The van der Waals surface area contributed by atoms with Gasteiger partial charge in [0.15, 0.2) is 0 Å². The van der Waals surface area contributed by atoms with E-state index in [1.165, 1.54) is 12.1 Å². The summed E-state index contributed by atoms with van der Waals surface area (Å²) >= 11 is 0. The molecule has 3 N–H and O–H groups in total. The van der Waals surface area contributed by atoms with Crippen LogP contribution in [0.5, 0.6) is 0 Å². The minimum Gasteiger partial charge on any atom is -0.411 e. The van der Waals surface area contributed by atoms with E-state index in [9.17, 15) is 18.8 Å². The molecule has 0 radical (unpaired) electrons. The molecule has 166 valence electrons. The molecule has 0 aliphatic carbocycles. The second kappa shape index (κ2) is 10.6. The van der Waals surface area contributed by atoms with Crippen LogP contribution in [0.4, 0.5) is 8.78 Å². The minimum absolute atomic E-state index is 0.124. The van der Waals surface area contributed by atoms with Crippen molar-refractivity contribution in [3.63, 3.8) is 0 Å². The Labute approximate surface area is 184 Å². The largest absolute Gasteiger partial charge is 0.411 e. The molecule has 1 heterocycles. The van der Waals surface area contributed by atoms with Gasteiger partial charge in [0.1, 0.15) is 11.6 Å². The van der Waals surface area contributed by atoms with E-state index in [4.69, 9.17) is 5.11 Å². The van der Waals surface area contributed by atoms with Gasteiger partial charge in [-0.15, -0.1) is 0 Å². The van der Waals surface area contributed by atoms with Crippen molar-refractivity contribution in [3.8, 4) is 0 Å². The molecule has 1 aromatic heterocycles. The lowest BCUT2D eigenvalue weighted by Crippen LogP contribution is -2.26. The van der Waals surface area contributed by atoms with Gasteiger partial charge in [-0.2, -0.15) is 0 Å². The second-order valence-corrected chi connectivity index (χ2v) is 7.26. The second-order valence-electron chi connectivity index (χ2n) is 7.26. The molecule has 3 rings (SSSR count). The lowest BCUT2D eigenvalue weighted by Gasteiger charge is -2.20. The Morgan fingerprint density at radius 2 is 1.84 bits per heavy atom. The SMILES string of the molecule is Cc1cc(/C(CC(c2ccc(C(=O)NCCO)cc2)c2ccc(F)cc2F)=N\O)ccn1. The van der Waals surface area contributed by atoms with Crippen LogP contribution in [-0.4, -0.2) is 40.1 Å². The quantitative estimate of drug-likeness (QED) is 0.283. The van der Waals surface area contributed by atoms with Gasteiger partial charge in [-0.3, -0.25) is 9.78 Å². The summed E-state index contributed by atoms with van der Waals surface area (Å²) in [7, 11) is 0. The summed E-state index contributed by atoms with van der Waals surface area (Å²) in [5.41, 5.74) is 2.94. The standard InChI is InChI=1S/C24H23F2N3O3/c1-15-12-18(8-9-27-15)23(29-32)14-21(20-7-6-19(25)13-22(20)26)16-2-4-17(5-3-16)24(31)28-10-11-30/h2-9,12-13,21,30,32H,10-11,14H2,1H3,(H,28,31)/b29-23-. The van der Waals surface area contributed by atoms with Crippen molar-refractivity contribution in [1.82, 2.24) is 10.3 Å². The molecule has 6 nitrogen and oxygen atoms in total. The third-order valence-electron chi connectivity index (χ3n) is 5.06.